The van der Waals surface area contributed by atoms with Crippen LogP contribution in [0.4, 0.5) is 17.1 Å². The van der Waals surface area contributed by atoms with Crippen LogP contribution < -0.4 is 4.90 Å². The van der Waals surface area contributed by atoms with Crippen molar-refractivity contribution in [1.82, 2.24) is 4.57 Å². The molecule has 0 atom stereocenters. The normalized spacial score (nSPS) is 13.0. The highest BCUT2D eigenvalue weighted by Gasteiger charge is 2.37. The molecule has 1 aromatic heterocycles. The first-order valence-electron chi connectivity index (χ1n) is 17.2. The number of nitriles is 2. The van der Waals surface area contributed by atoms with Crippen LogP contribution in [0.5, 0.6) is 0 Å². The van der Waals surface area contributed by atoms with Crippen LogP contribution in [0, 0.1) is 22.7 Å². The number of para-hydroxylation sites is 5. The topological polar surface area (TPSA) is 55.8 Å². The lowest BCUT2D eigenvalue weighted by molar-refractivity contribution is 0.632. The van der Waals surface area contributed by atoms with E-state index in [4.69, 9.17) is 0 Å². The lowest BCUT2D eigenvalue weighted by Gasteiger charge is -2.42. The third-order valence-corrected chi connectivity index (χ3v) is 10.5. The summed E-state index contributed by atoms with van der Waals surface area (Å²) in [6.45, 7) is 4.56. The van der Waals surface area contributed by atoms with Crippen molar-refractivity contribution in [3.05, 3.63) is 180 Å². The molecule has 0 aliphatic carbocycles. The summed E-state index contributed by atoms with van der Waals surface area (Å²) in [6.07, 6.45) is 0. The summed E-state index contributed by atoms with van der Waals surface area (Å²) in [5.74, 6) is 0. The molecule has 0 saturated heterocycles. The third kappa shape index (κ3) is 4.58. The monoisotopic (exact) mass is 652 g/mol. The highest BCUT2D eigenvalue weighted by molar-refractivity contribution is 6.10. The van der Waals surface area contributed by atoms with E-state index in [2.05, 4.69) is 151 Å². The van der Waals surface area contributed by atoms with Crippen LogP contribution in [0.3, 0.4) is 0 Å². The Morgan fingerprint density at radius 1 is 0.490 bits per heavy atom. The van der Waals surface area contributed by atoms with Gasteiger partial charge in [0.05, 0.1) is 45.3 Å². The molecule has 4 nitrogen and oxygen atoms in total. The van der Waals surface area contributed by atoms with Gasteiger partial charge >= 0.3 is 0 Å². The van der Waals surface area contributed by atoms with E-state index in [1.54, 1.807) is 0 Å². The van der Waals surface area contributed by atoms with Crippen LogP contribution in [0.25, 0.3) is 49.7 Å². The molecule has 0 amide bonds. The summed E-state index contributed by atoms with van der Waals surface area (Å²) < 4.78 is 2.22. The number of hydrogen-bond donors (Lipinski definition) is 0. The Morgan fingerprint density at radius 2 is 1.10 bits per heavy atom. The largest absolute Gasteiger partial charge is 0.310 e. The van der Waals surface area contributed by atoms with Crippen LogP contribution in [0.2, 0.25) is 0 Å². The number of fused-ring (bicyclic) bond motifs is 5. The second kappa shape index (κ2) is 11.6. The van der Waals surface area contributed by atoms with Crippen molar-refractivity contribution in [2.45, 2.75) is 19.3 Å². The zero-order chi connectivity index (χ0) is 34.7. The minimum absolute atomic E-state index is 0.289. The number of aromatic nitrogens is 1. The SMILES string of the molecule is CC1(C)c2ccccc2N(c2ccccc2)c2ccc(-c3cc(-c4cccc(C#N)c4-n4c5ccccc5c5ccccc54)ccc3C#N)cc21. The maximum atomic E-state index is 10.5. The second-order valence-electron chi connectivity index (χ2n) is 13.6. The minimum atomic E-state index is -0.289. The molecule has 0 N–H and O–H groups in total. The number of anilines is 3. The highest BCUT2D eigenvalue weighted by Crippen LogP contribution is 2.52. The van der Waals surface area contributed by atoms with Crippen LogP contribution in [0.1, 0.15) is 36.1 Å². The van der Waals surface area contributed by atoms with Gasteiger partial charge < -0.3 is 9.47 Å². The van der Waals surface area contributed by atoms with Crippen molar-refractivity contribution < 1.29 is 0 Å². The predicted octanol–water partition coefficient (Wildman–Crippen LogP) is 12.0. The Hall–Kier alpha value is -6.88. The van der Waals surface area contributed by atoms with Crippen molar-refractivity contribution in [2.24, 2.45) is 0 Å². The van der Waals surface area contributed by atoms with E-state index in [1.807, 2.05) is 42.5 Å². The maximum Gasteiger partial charge on any atom is 0.101 e. The van der Waals surface area contributed by atoms with E-state index in [1.165, 1.54) is 16.8 Å². The van der Waals surface area contributed by atoms with E-state index in [0.29, 0.717) is 11.1 Å². The third-order valence-electron chi connectivity index (χ3n) is 10.5. The highest BCUT2D eigenvalue weighted by atomic mass is 15.2. The molecular formula is C47H32N4. The van der Waals surface area contributed by atoms with Gasteiger partial charge in [-0.1, -0.05) is 111 Å². The molecule has 1 aliphatic rings. The van der Waals surface area contributed by atoms with Crippen molar-refractivity contribution in [3.63, 3.8) is 0 Å². The van der Waals surface area contributed by atoms with E-state index < -0.39 is 0 Å². The van der Waals surface area contributed by atoms with Crippen molar-refractivity contribution >= 4 is 38.9 Å². The van der Waals surface area contributed by atoms with Gasteiger partial charge in [0.2, 0.25) is 0 Å². The standard InChI is InChI=1S/C47H32N4/c1-47(2)40-19-8-11-22-44(40)50(35-14-4-3-5-15-35)45-26-25-32(28-41(45)47)39-27-31(23-24-33(39)29-48)36-18-12-13-34(30-49)46(36)51-42-20-9-6-16-37(42)38-17-7-10-21-43(38)51/h3-28H,1-2H3. The van der Waals surface area contributed by atoms with E-state index in [0.717, 1.165) is 61.1 Å². The molecule has 51 heavy (non-hydrogen) atoms. The average molecular weight is 653 g/mol. The zero-order valence-corrected chi connectivity index (χ0v) is 28.3. The Morgan fingerprint density at radius 3 is 1.82 bits per heavy atom. The molecule has 0 saturated carbocycles. The van der Waals surface area contributed by atoms with Crippen molar-refractivity contribution in [2.75, 3.05) is 4.90 Å². The molecule has 0 unspecified atom stereocenters. The molecule has 9 rings (SSSR count). The predicted molar refractivity (Wildman–Crippen MR) is 208 cm³/mol. The lowest BCUT2D eigenvalue weighted by Crippen LogP contribution is -2.30. The summed E-state index contributed by atoms with van der Waals surface area (Å²) in [5, 5.41) is 23.2. The molecule has 0 fully saturated rings. The van der Waals surface area contributed by atoms with Gasteiger partial charge in [-0.2, -0.15) is 10.5 Å². The van der Waals surface area contributed by atoms with Crippen molar-refractivity contribution in [1.29, 1.82) is 10.5 Å². The van der Waals surface area contributed by atoms with Gasteiger partial charge in [-0.3, -0.25) is 0 Å². The summed E-state index contributed by atoms with van der Waals surface area (Å²) in [5.41, 5.74) is 13.3. The minimum Gasteiger partial charge on any atom is -0.310 e. The summed E-state index contributed by atoms with van der Waals surface area (Å²) >= 11 is 0. The molecule has 2 heterocycles. The first-order valence-corrected chi connectivity index (χ1v) is 17.2. The smallest absolute Gasteiger partial charge is 0.101 e. The van der Waals surface area contributed by atoms with Crippen molar-refractivity contribution in [3.8, 4) is 40.1 Å². The summed E-state index contributed by atoms with van der Waals surface area (Å²) in [7, 11) is 0. The Balaban J connectivity index is 1.26. The summed E-state index contributed by atoms with van der Waals surface area (Å²) in [6, 6.07) is 59.3. The number of nitrogens with zero attached hydrogens (tertiary/aromatic N) is 4. The zero-order valence-electron chi connectivity index (χ0n) is 28.3. The molecule has 4 heteroatoms. The molecule has 0 spiro atoms. The van der Waals surface area contributed by atoms with Gasteiger partial charge in [0, 0.05) is 33.0 Å². The molecule has 240 valence electrons. The lowest BCUT2D eigenvalue weighted by atomic mass is 9.72. The Kier molecular flexibility index (Phi) is 6.88. The van der Waals surface area contributed by atoms with Crippen LogP contribution in [-0.4, -0.2) is 4.57 Å². The Labute approximate surface area is 297 Å². The van der Waals surface area contributed by atoms with E-state index in [9.17, 15) is 10.5 Å². The fourth-order valence-electron chi connectivity index (χ4n) is 8.05. The van der Waals surface area contributed by atoms with Gasteiger partial charge in [0.1, 0.15) is 6.07 Å². The van der Waals surface area contributed by atoms with Gasteiger partial charge in [0.15, 0.2) is 0 Å². The molecule has 1 aliphatic heterocycles. The van der Waals surface area contributed by atoms with Gasteiger partial charge in [-0.05, 0) is 82.9 Å². The summed E-state index contributed by atoms with van der Waals surface area (Å²) in [4.78, 5) is 2.34. The fraction of sp³-hybridized carbons (Fsp3) is 0.0638. The molecule has 0 bridgehead atoms. The van der Waals surface area contributed by atoms with Crippen LogP contribution in [-0.2, 0) is 5.41 Å². The quantitative estimate of drug-likeness (QED) is 0.190. The number of benzene rings is 7. The van der Waals surface area contributed by atoms with E-state index >= 15 is 0 Å². The number of hydrogen-bond acceptors (Lipinski definition) is 3. The second-order valence-corrected chi connectivity index (χ2v) is 13.6. The Bertz CT molecular complexity index is 2700. The average Bonchev–Trinajstić information content (AvgIpc) is 3.52. The first kappa shape index (κ1) is 30.2. The van der Waals surface area contributed by atoms with Crippen LogP contribution in [0.15, 0.2) is 158 Å². The molecule has 0 radical (unpaired) electrons. The van der Waals surface area contributed by atoms with Gasteiger partial charge in [-0.15, -0.1) is 0 Å². The first-order chi connectivity index (χ1) is 25.0. The molecular weight excluding hydrogens is 621 g/mol. The number of rotatable bonds is 4. The maximum absolute atomic E-state index is 10.5. The fourth-order valence-corrected chi connectivity index (χ4v) is 8.05. The molecule has 8 aromatic rings. The van der Waals surface area contributed by atoms with Gasteiger partial charge in [0.25, 0.3) is 0 Å². The van der Waals surface area contributed by atoms with E-state index in [-0.39, 0.29) is 5.41 Å². The van der Waals surface area contributed by atoms with Crippen LogP contribution >= 0.6 is 0 Å². The molecule has 7 aromatic carbocycles. The van der Waals surface area contributed by atoms with Gasteiger partial charge in [-0.25, -0.2) is 0 Å².